The molecule has 1 aromatic carbocycles. The molecule has 0 spiro atoms. The molecule has 1 amide bonds. The van der Waals surface area contributed by atoms with E-state index in [1.807, 2.05) is 0 Å². The molecule has 0 atom stereocenters. The summed E-state index contributed by atoms with van der Waals surface area (Å²) in [7, 11) is 1.80. The van der Waals surface area contributed by atoms with Crippen LogP contribution < -0.4 is 0 Å². The lowest BCUT2D eigenvalue weighted by Gasteiger charge is -2.14. The molecule has 0 saturated carbocycles. The molecule has 0 aromatic heterocycles. The number of aryl methyl sites for hydroxylation is 2. The zero-order chi connectivity index (χ0) is 10.8. The Hall–Kier alpha value is -0.830. The average Bonchev–Trinajstić information content (AvgIpc) is 2.64. The van der Waals surface area contributed by atoms with Crippen LogP contribution in [0.5, 0.6) is 0 Å². The van der Waals surface area contributed by atoms with Crippen molar-refractivity contribution in [2.24, 2.45) is 0 Å². The SMILES string of the molecule is CN(Cc1ccc2c(c1)CCC2)C(=O)Br. The third kappa shape index (κ3) is 2.40. The molecule has 3 heteroatoms. The molecule has 2 rings (SSSR count). The van der Waals surface area contributed by atoms with Crippen LogP contribution in [0.3, 0.4) is 0 Å². The Kier molecular flexibility index (Phi) is 3.10. The minimum absolute atomic E-state index is 0.0667. The van der Waals surface area contributed by atoms with Crippen molar-refractivity contribution in [3.05, 3.63) is 34.9 Å². The van der Waals surface area contributed by atoms with E-state index in [1.165, 1.54) is 36.0 Å². The highest BCUT2D eigenvalue weighted by molar-refractivity contribution is 9.18. The minimum Gasteiger partial charge on any atom is -0.332 e. The standard InChI is InChI=1S/C12H14BrNO/c1-14(12(13)15)8-9-5-6-10-3-2-4-11(10)7-9/h5-7H,2-4,8H2,1H3. The number of carbonyl (C=O) groups is 1. The molecule has 15 heavy (non-hydrogen) atoms. The molecular formula is C12H14BrNO. The Labute approximate surface area is 98.4 Å². The normalized spacial score (nSPS) is 13.7. The average molecular weight is 268 g/mol. The number of fused-ring (bicyclic) bond motifs is 1. The first-order valence-corrected chi connectivity index (χ1v) is 5.97. The van der Waals surface area contributed by atoms with Crippen molar-refractivity contribution in [3.8, 4) is 0 Å². The number of hydrogen-bond donors (Lipinski definition) is 0. The van der Waals surface area contributed by atoms with Gasteiger partial charge in [-0.25, -0.2) is 0 Å². The maximum Gasteiger partial charge on any atom is 0.289 e. The molecule has 0 N–H and O–H groups in total. The Morgan fingerprint density at radius 2 is 2.13 bits per heavy atom. The predicted molar refractivity (Wildman–Crippen MR) is 64.3 cm³/mol. The van der Waals surface area contributed by atoms with Crippen LogP contribution in [0.15, 0.2) is 18.2 Å². The quantitative estimate of drug-likeness (QED) is 0.596. The topological polar surface area (TPSA) is 20.3 Å². The molecule has 0 saturated heterocycles. The van der Waals surface area contributed by atoms with Gasteiger partial charge in [0.25, 0.3) is 4.82 Å². The summed E-state index contributed by atoms with van der Waals surface area (Å²) in [4.78, 5) is 12.6. The van der Waals surface area contributed by atoms with E-state index >= 15 is 0 Å². The Morgan fingerprint density at radius 1 is 1.40 bits per heavy atom. The number of nitrogens with zero attached hydrogens (tertiary/aromatic N) is 1. The van der Waals surface area contributed by atoms with Crippen molar-refractivity contribution < 1.29 is 4.79 Å². The summed E-state index contributed by atoms with van der Waals surface area (Å²) >= 11 is 2.95. The van der Waals surface area contributed by atoms with E-state index in [1.54, 1.807) is 11.9 Å². The summed E-state index contributed by atoms with van der Waals surface area (Å²) < 4.78 is 0. The predicted octanol–water partition coefficient (Wildman–Crippen LogP) is 3.12. The lowest BCUT2D eigenvalue weighted by Crippen LogP contribution is -2.19. The van der Waals surface area contributed by atoms with Crippen LogP contribution in [0, 0.1) is 0 Å². The van der Waals surface area contributed by atoms with Gasteiger partial charge < -0.3 is 4.90 Å². The van der Waals surface area contributed by atoms with Crippen LogP contribution in [-0.4, -0.2) is 16.8 Å². The smallest absolute Gasteiger partial charge is 0.289 e. The molecule has 0 aliphatic heterocycles. The fraction of sp³-hybridized carbons (Fsp3) is 0.417. The first-order valence-electron chi connectivity index (χ1n) is 5.18. The molecular weight excluding hydrogens is 254 g/mol. The Balaban J connectivity index is 2.13. The highest BCUT2D eigenvalue weighted by Gasteiger charge is 2.12. The molecule has 1 aromatic rings. The molecule has 1 aliphatic carbocycles. The summed E-state index contributed by atoms with van der Waals surface area (Å²) in [6.07, 6.45) is 3.67. The number of amides is 1. The van der Waals surface area contributed by atoms with E-state index in [9.17, 15) is 4.79 Å². The zero-order valence-corrected chi connectivity index (χ0v) is 10.4. The minimum atomic E-state index is -0.0667. The van der Waals surface area contributed by atoms with Gasteiger partial charge in [0.05, 0.1) is 0 Å². The largest absolute Gasteiger partial charge is 0.332 e. The van der Waals surface area contributed by atoms with E-state index in [-0.39, 0.29) is 4.82 Å². The second-order valence-electron chi connectivity index (χ2n) is 4.07. The molecule has 0 bridgehead atoms. The van der Waals surface area contributed by atoms with Gasteiger partial charge in [0.15, 0.2) is 0 Å². The Bertz CT molecular complexity index is 389. The van der Waals surface area contributed by atoms with Crippen molar-refractivity contribution >= 4 is 20.7 Å². The second-order valence-corrected chi connectivity index (χ2v) is 4.74. The summed E-state index contributed by atoms with van der Waals surface area (Å²) in [6, 6.07) is 6.55. The van der Waals surface area contributed by atoms with Crippen LogP contribution in [-0.2, 0) is 19.4 Å². The monoisotopic (exact) mass is 267 g/mol. The van der Waals surface area contributed by atoms with E-state index in [4.69, 9.17) is 0 Å². The third-order valence-corrected chi connectivity index (χ3v) is 3.49. The molecule has 80 valence electrons. The molecule has 0 unspecified atom stereocenters. The van der Waals surface area contributed by atoms with E-state index < -0.39 is 0 Å². The van der Waals surface area contributed by atoms with Crippen molar-refractivity contribution in [1.29, 1.82) is 0 Å². The van der Waals surface area contributed by atoms with Gasteiger partial charge in [-0.15, -0.1) is 0 Å². The first-order chi connectivity index (χ1) is 7.16. The van der Waals surface area contributed by atoms with Gasteiger partial charge in [0.2, 0.25) is 0 Å². The number of halogens is 1. The molecule has 0 fully saturated rings. The highest BCUT2D eigenvalue weighted by atomic mass is 79.9. The van der Waals surface area contributed by atoms with Crippen molar-refractivity contribution in [3.63, 3.8) is 0 Å². The van der Waals surface area contributed by atoms with Gasteiger partial charge >= 0.3 is 0 Å². The first kappa shape index (κ1) is 10.7. The summed E-state index contributed by atoms with van der Waals surface area (Å²) in [5, 5.41) is 0. The van der Waals surface area contributed by atoms with Gasteiger partial charge in [0.1, 0.15) is 0 Å². The number of hydrogen-bond acceptors (Lipinski definition) is 1. The van der Waals surface area contributed by atoms with Crippen LogP contribution >= 0.6 is 15.9 Å². The van der Waals surface area contributed by atoms with Crippen LogP contribution in [0.1, 0.15) is 23.1 Å². The lowest BCUT2D eigenvalue weighted by atomic mass is 10.1. The highest BCUT2D eigenvalue weighted by Crippen LogP contribution is 2.23. The second kappa shape index (κ2) is 4.35. The summed E-state index contributed by atoms with van der Waals surface area (Å²) in [5.74, 6) is 0. The van der Waals surface area contributed by atoms with Crippen LogP contribution in [0.4, 0.5) is 4.79 Å². The molecule has 1 aliphatic rings. The lowest BCUT2D eigenvalue weighted by molar-refractivity contribution is 0.233. The van der Waals surface area contributed by atoms with Gasteiger partial charge in [-0.2, -0.15) is 0 Å². The number of carbonyl (C=O) groups excluding carboxylic acids is 1. The maximum absolute atomic E-state index is 11.0. The fourth-order valence-corrected chi connectivity index (χ4v) is 2.18. The number of benzene rings is 1. The molecule has 0 radical (unpaired) electrons. The maximum atomic E-state index is 11.0. The van der Waals surface area contributed by atoms with Gasteiger partial charge in [-0.1, -0.05) is 18.2 Å². The van der Waals surface area contributed by atoms with Gasteiger partial charge in [0, 0.05) is 29.5 Å². The third-order valence-electron chi connectivity index (χ3n) is 2.88. The van der Waals surface area contributed by atoms with Crippen molar-refractivity contribution in [2.75, 3.05) is 7.05 Å². The van der Waals surface area contributed by atoms with Crippen LogP contribution in [0.2, 0.25) is 0 Å². The summed E-state index contributed by atoms with van der Waals surface area (Å²) in [6.45, 7) is 0.678. The zero-order valence-electron chi connectivity index (χ0n) is 8.79. The van der Waals surface area contributed by atoms with Crippen molar-refractivity contribution in [2.45, 2.75) is 25.8 Å². The van der Waals surface area contributed by atoms with Crippen LogP contribution in [0.25, 0.3) is 0 Å². The number of rotatable bonds is 2. The fourth-order valence-electron chi connectivity index (χ4n) is 2.06. The van der Waals surface area contributed by atoms with Crippen molar-refractivity contribution in [1.82, 2.24) is 4.90 Å². The summed E-state index contributed by atoms with van der Waals surface area (Å²) in [5.41, 5.74) is 4.15. The van der Waals surface area contributed by atoms with E-state index in [2.05, 4.69) is 34.1 Å². The van der Waals surface area contributed by atoms with Gasteiger partial charge in [-0.3, -0.25) is 4.79 Å². The van der Waals surface area contributed by atoms with Gasteiger partial charge in [-0.05, 0) is 36.0 Å². The molecule has 2 nitrogen and oxygen atoms in total. The van der Waals surface area contributed by atoms with E-state index in [0.717, 1.165) is 0 Å². The Morgan fingerprint density at radius 3 is 2.87 bits per heavy atom. The van der Waals surface area contributed by atoms with E-state index in [0.29, 0.717) is 6.54 Å². The molecule has 0 heterocycles.